The van der Waals surface area contributed by atoms with Crippen LogP contribution in [-0.4, -0.2) is 40.0 Å². The molecule has 2 atom stereocenters. The zero-order valence-electron chi connectivity index (χ0n) is 14.5. The van der Waals surface area contributed by atoms with Gasteiger partial charge in [-0.25, -0.2) is 9.78 Å². The summed E-state index contributed by atoms with van der Waals surface area (Å²) in [6.45, 7) is 5.15. The molecule has 1 aromatic heterocycles. The van der Waals surface area contributed by atoms with Crippen LogP contribution in [0.1, 0.15) is 51.4 Å². The van der Waals surface area contributed by atoms with Gasteiger partial charge in [-0.15, -0.1) is 0 Å². The highest BCUT2D eigenvalue weighted by atomic mass is 16.4. The van der Waals surface area contributed by atoms with Gasteiger partial charge in [0.05, 0.1) is 11.3 Å². The van der Waals surface area contributed by atoms with E-state index in [0.29, 0.717) is 36.3 Å². The Morgan fingerprint density at radius 3 is 2.48 bits per heavy atom. The number of hydrogen-bond donors (Lipinski definition) is 1. The molecule has 1 aliphatic heterocycles. The van der Waals surface area contributed by atoms with E-state index < -0.39 is 5.97 Å². The van der Waals surface area contributed by atoms with Crippen molar-refractivity contribution in [1.29, 1.82) is 0 Å². The second-order valence-electron chi connectivity index (χ2n) is 6.67. The maximum absolute atomic E-state index is 12.7. The molecule has 5 nitrogen and oxygen atoms in total. The average molecular weight is 338 g/mol. The summed E-state index contributed by atoms with van der Waals surface area (Å²) in [5.74, 6) is -0.339. The number of nitrogens with zero attached hydrogens (tertiary/aromatic N) is 2. The lowest BCUT2D eigenvalue weighted by atomic mass is 9.81. The zero-order valence-corrected chi connectivity index (χ0v) is 14.5. The van der Waals surface area contributed by atoms with Crippen LogP contribution in [0.5, 0.6) is 0 Å². The standard InChI is InChI=1S/C20H22N2O3/c1-13-12-22(11-10-16(13)15-6-4-3-5-7-15)19(23)18-9-8-17(20(24)25)14(2)21-18/h3-9,13,16H,10-12H2,1-2H3,(H,24,25). The molecule has 2 heterocycles. The lowest BCUT2D eigenvalue weighted by molar-refractivity contribution is 0.0649. The molecule has 0 radical (unpaired) electrons. The molecule has 1 amide bonds. The number of amides is 1. The predicted molar refractivity (Wildman–Crippen MR) is 94.8 cm³/mol. The van der Waals surface area contributed by atoms with Crippen LogP contribution in [0.2, 0.25) is 0 Å². The Kier molecular flexibility index (Phi) is 4.83. The molecule has 0 saturated carbocycles. The smallest absolute Gasteiger partial charge is 0.337 e. The maximum atomic E-state index is 12.7. The number of hydrogen-bond acceptors (Lipinski definition) is 3. The number of carboxylic acid groups (broad SMARTS) is 1. The van der Waals surface area contributed by atoms with E-state index in [1.807, 2.05) is 11.0 Å². The fourth-order valence-electron chi connectivity index (χ4n) is 3.59. The number of benzene rings is 1. The Labute approximate surface area is 147 Å². The molecule has 1 aromatic carbocycles. The van der Waals surface area contributed by atoms with Crippen molar-refractivity contribution in [1.82, 2.24) is 9.88 Å². The molecule has 130 valence electrons. The summed E-state index contributed by atoms with van der Waals surface area (Å²) in [4.78, 5) is 29.8. The molecular weight excluding hydrogens is 316 g/mol. The van der Waals surface area contributed by atoms with E-state index in [2.05, 4.69) is 36.2 Å². The Balaban J connectivity index is 1.73. The van der Waals surface area contributed by atoms with E-state index in [1.165, 1.54) is 17.7 Å². The molecule has 1 N–H and O–H groups in total. The lowest BCUT2D eigenvalue weighted by Gasteiger charge is -2.37. The number of aromatic nitrogens is 1. The first-order valence-corrected chi connectivity index (χ1v) is 8.52. The molecule has 2 unspecified atom stereocenters. The van der Waals surface area contributed by atoms with Crippen LogP contribution in [-0.2, 0) is 0 Å². The van der Waals surface area contributed by atoms with Crippen molar-refractivity contribution < 1.29 is 14.7 Å². The first-order chi connectivity index (χ1) is 12.0. The SMILES string of the molecule is Cc1nc(C(=O)N2CCC(c3ccccc3)C(C)C2)ccc1C(=O)O. The highest BCUT2D eigenvalue weighted by Crippen LogP contribution is 2.33. The number of likely N-dealkylation sites (tertiary alicyclic amines) is 1. The topological polar surface area (TPSA) is 70.5 Å². The predicted octanol–water partition coefficient (Wildman–Crippen LogP) is 3.35. The number of piperidine rings is 1. The van der Waals surface area contributed by atoms with Crippen molar-refractivity contribution in [2.75, 3.05) is 13.1 Å². The minimum atomic E-state index is -1.03. The molecular formula is C20H22N2O3. The summed E-state index contributed by atoms with van der Waals surface area (Å²) in [6.07, 6.45) is 0.920. The third-order valence-electron chi connectivity index (χ3n) is 4.96. The monoisotopic (exact) mass is 338 g/mol. The van der Waals surface area contributed by atoms with Crippen molar-refractivity contribution in [3.05, 3.63) is 65.0 Å². The summed E-state index contributed by atoms with van der Waals surface area (Å²) in [7, 11) is 0. The summed E-state index contributed by atoms with van der Waals surface area (Å²) in [6, 6.07) is 13.4. The Morgan fingerprint density at radius 2 is 1.88 bits per heavy atom. The van der Waals surface area contributed by atoms with Crippen LogP contribution in [0, 0.1) is 12.8 Å². The molecule has 25 heavy (non-hydrogen) atoms. The van der Waals surface area contributed by atoms with E-state index in [1.54, 1.807) is 6.92 Å². The van der Waals surface area contributed by atoms with Crippen LogP contribution < -0.4 is 0 Å². The fourth-order valence-corrected chi connectivity index (χ4v) is 3.59. The number of aryl methyl sites for hydroxylation is 1. The Morgan fingerprint density at radius 1 is 1.16 bits per heavy atom. The van der Waals surface area contributed by atoms with Gasteiger partial charge in [-0.3, -0.25) is 4.79 Å². The fraction of sp³-hybridized carbons (Fsp3) is 0.350. The number of carbonyl (C=O) groups excluding carboxylic acids is 1. The second-order valence-corrected chi connectivity index (χ2v) is 6.67. The van der Waals surface area contributed by atoms with E-state index in [4.69, 9.17) is 5.11 Å². The van der Waals surface area contributed by atoms with E-state index in [-0.39, 0.29) is 11.5 Å². The molecule has 0 aliphatic carbocycles. The van der Waals surface area contributed by atoms with Crippen LogP contribution in [0.25, 0.3) is 0 Å². The lowest BCUT2D eigenvalue weighted by Crippen LogP contribution is -2.42. The third kappa shape index (κ3) is 3.55. The van der Waals surface area contributed by atoms with Gasteiger partial charge >= 0.3 is 5.97 Å². The summed E-state index contributed by atoms with van der Waals surface area (Å²) in [5.41, 5.74) is 2.13. The van der Waals surface area contributed by atoms with Crippen LogP contribution in [0.4, 0.5) is 0 Å². The number of rotatable bonds is 3. The minimum Gasteiger partial charge on any atom is -0.478 e. The van der Waals surface area contributed by atoms with Crippen LogP contribution >= 0.6 is 0 Å². The maximum Gasteiger partial charge on any atom is 0.337 e. The molecule has 1 aliphatic rings. The molecule has 0 bridgehead atoms. The minimum absolute atomic E-state index is 0.126. The normalized spacial score (nSPS) is 20.3. The van der Waals surface area contributed by atoms with Gasteiger partial charge in [0.15, 0.2) is 0 Å². The average Bonchev–Trinajstić information content (AvgIpc) is 2.61. The van der Waals surface area contributed by atoms with Crippen LogP contribution in [0.3, 0.4) is 0 Å². The number of carbonyl (C=O) groups is 2. The highest BCUT2D eigenvalue weighted by molar-refractivity contribution is 5.94. The van der Waals surface area contributed by atoms with Gasteiger partial charge in [0, 0.05) is 13.1 Å². The van der Waals surface area contributed by atoms with Crippen LogP contribution in [0.15, 0.2) is 42.5 Å². The second kappa shape index (κ2) is 7.05. The number of aromatic carboxylic acids is 1. The molecule has 1 fully saturated rings. The van der Waals surface area contributed by atoms with Crippen molar-refractivity contribution in [2.24, 2.45) is 5.92 Å². The van der Waals surface area contributed by atoms with E-state index in [9.17, 15) is 9.59 Å². The largest absolute Gasteiger partial charge is 0.478 e. The van der Waals surface area contributed by atoms with Crippen molar-refractivity contribution >= 4 is 11.9 Å². The zero-order chi connectivity index (χ0) is 18.0. The first kappa shape index (κ1) is 17.1. The van der Waals surface area contributed by atoms with Gasteiger partial charge in [0.25, 0.3) is 5.91 Å². The van der Waals surface area contributed by atoms with Gasteiger partial charge in [0.1, 0.15) is 5.69 Å². The molecule has 3 rings (SSSR count). The molecule has 0 spiro atoms. The number of carboxylic acids is 1. The van der Waals surface area contributed by atoms with Crippen molar-refractivity contribution in [3.8, 4) is 0 Å². The molecule has 2 aromatic rings. The van der Waals surface area contributed by atoms with Gasteiger partial charge < -0.3 is 10.0 Å². The number of pyridine rings is 1. The van der Waals surface area contributed by atoms with Crippen molar-refractivity contribution in [2.45, 2.75) is 26.2 Å². The van der Waals surface area contributed by atoms with Gasteiger partial charge in [0.2, 0.25) is 0 Å². The van der Waals surface area contributed by atoms with Gasteiger partial charge in [-0.2, -0.15) is 0 Å². The van der Waals surface area contributed by atoms with Gasteiger partial charge in [-0.05, 0) is 42.9 Å². The molecule has 1 saturated heterocycles. The highest BCUT2D eigenvalue weighted by Gasteiger charge is 2.30. The Bertz CT molecular complexity index is 789. The first-order valence-electron chi connectivity index (χ1n) is 8.52. The third-order valence-corrected chi connectivity index (χ3v) is 4.96. The quantitative estimate of drug-likeness (QED) is 0.931. The summed E-state index contributed by atoms with van der Waals surface area (Å²) >= 11 is 0. The van der Waals surface area contributed by atoms with E-state index >= 15 is 0 Å². The summed E-state index contributed by atoms with van der Waals surface area (Å²) in [5, 5.41) is 9.08. The molecule has 5 heteroatoms. The van der Waals surface area contributed by atoms with Crippen molar-refractivity contribution in [3.63, 3.8) is 0 Å². The van der Waals surface area contributed by atoms with E-state index in [0.717, 1.165) is 6.42 Å². The van der Waals surface area contributed by atoms with Gasteiger partial charge in [-0.1, -0.05) is 37.3 Å². The Hall–Kier alpha value is -2.69. The summed E-state index contributed by atoms with van der Waals surface area (Å²) < 4.78 is 0.